The zero-order valence-corrected chi connectivity index (χ0v) is 12.6. The molecule has 0 saturated carbocycles. The van der Waals surface area contributed by atoms with E-state index in [9.17, 15) is 9.18 Å². The molecular weight excluding hydrogens is 289 g/mol. The minimum atomic E-state index is -0.569. The Morgan fingerprint density at radius 2 is 2.36 bits per heavy atom. The van der Waals surface area contributed by atoms with E-state index in [1.54, 1.807) is 17.9 Å². The number of anilines is 1. The number of amides is 1. The van der Waals surface area contributed by atoms with Gasteiger partial charge in [-0.15, -0.1) is 0 Å². The molecule has 1 fully saturated rings. The van der Waals surface area contributed by atoms with Gasteiger partial charge in [-0.2, -0.15) is 0 Å². The average Bonchev–Trinajstić information content (AvgIpc) is 3.04. The summed E-state index contributed by atoms with van der Waals surface area (Å²) in [4.78, 5) is 14.2. The summed E-state index contributed by atoms with van der Waals surface area (Å²) in [6.45, 7) is 3.70. The number of carbonyl (C=O) groups is 1. The molecule has 2 heterocycles. The molecule has 1 aromatic carbocycles. The number of ether oxygens (including phenoxy) is 3. The van der Waals surface area contributed by atoms with Crippen molar-refractivity contribution in [3.8, 4) is 5.75 Å². The minimum Gasteiger partial charge on any atom is -0.489 e. The molecule has 0 N–H and O–H groups in total. The van der Waals surface area contributed by atoms with Gasteiger partial charge in [0, 0.05) is 12.7 Å². The van der Waals surface area contributed by atoms with E-state index < -0.39 is 6.10 Å². The maximum atomic E-state index is 13.3. The Labute approximate surface area is 128 Å². The summed E-state index contributed by atoms with van der Waals surface area (Å²) >= 11 is 0. The Bertz CT molecular complexity index is 545. The molecule has 0 aromatic heterocycles. The van der Waals surface area contributed by atoms with Crippen LogP contribution in [0, 0.1) is 5.82 Å². The summed E-state index contributed by atoms with van der Waals surface area (Å²) in [7, 11) is 0. The second-order valence-corrected chi connectivity index (χ2v) is 5.56. The molecule has 0 bridgehead atoms. The van der Waals surface area contributed by atoms with Gasteiger partial charge in [0.2, 0.25) is 0 Å². The molecule has 1 amide bonds. The molecular formula is C16H20FNO4. The average molecular weight is 309 g/mol. The summed E-state index contributed by atoms with van der Waals surface area (Å²) < 4.78 is 29.8. The molecule has 0 aliphatic carbocycles. The van der Waals surface area contributed by atoms with Gasteiger partial charge in [0.1, 0.15) is 24.3 Å². The number of halogens is 1. The SMILES string of the molecule is CC(OCC1CCCO1)C(=O)N1CCOc2cc(F)ccc21. The summed E-state index contributed by atoms with van der Waals surface area (Å²) in [6.07, 6.45) is 1.53. The molecule has 0 radical (unpaired) electrons. The van der Waals surface area contributed by atoms with E-state index in [0.29, 0.717) is 31.2 Å². The van der Waals surface area contributed by atoms with Crippen molar-refractivity contribution < 1.29 is 23.4 Å². The first-order valence-corrected chi connectivity index (χ1v) is 7.62. The maximum absolute atomic E-state index is 13.3. The molecule has 5 nitrogen and oxygen atoms in total. The van der Waals surface area contributed by atoms with Gasteiger partial charge in [-0.25, -0.2) is 4.39 Å². The van der Waals surface area contributed by atoms with Crippen molar-refractivity contribution in [2.75, 3.05) is 31.3 Å². The van der Waals surface area contributed by atoms with Crippen LogP contribution in [0.25, 0.3) is 0 Å². The van der Waals surface area contributed by atoms with Gasteiger partial charge in [-0.1, -0.05) is 0 Å². The van der Waals surface area contributed by atoms with Crippen molar-refractivity contribution in [2.45, 2.75) is 32.0 Å². The fraction of sp³-hybridized carbons (Fsp3) is 0.562. The molecule has 3 rings (SSSR count). The van der Waals surface area contributed by atoms with Crippen molar-refractivity contribution in [2.24, 2.45) is 0 Å². The second-order valence-electron chi connectivity index (χ2n) is 5.56. The number of rotatable bonds is 4. The van der Waals surface area contributed by atoms with Gasteiger partial charge in [0.05, 0.1) is 24.9 Å². The third-order valence-electron chi connectivity index (χ3n) is 3.96. The van der Waals surface area contributed by atoms with Gasteiger partial charge in [0.25, 0.3) is 5.91 Å². The lowest BCUT2D eigenvalue weighted by molar-refractivity contribution is -0.131. The van der Waals surface area contributed by atoms with Crippen molar-refractivity contribution in [1.82, 2.24) is 0 Å². The van der Waals surface area contributed by atoms with E-state index in [4.69, 9.17) is 14.2 Å². The Morgan fingerprint density at radius 3 is 3.14 bits per heavy atom. The van der Waals surface area contributed by atoms with Crippen LogP contribution >= 0.6 is 0 Å². The molecule has 1 aromatic rings. The molecule has 2 atom stereocenters. The maximum Gasteiger partial charge on any atom is 0.256 e. The van der Waals surface area contributed by atoms with Gasteiger partial charge in [-0.05, 0) is 31.9 Å². The first kappa shape index (κ1) is 15.2. The lowest BCUT2D eigenvalue weighted by atomic mass is 10.2. The number of nitrogens with zero attached hydrogens (tertiary/aromatic N) is 1. The minimum absolute atomic E-state index is 0.0846. The van der Waals surface area contributed by atoms with E-state index in [2.05, 4.69) is 0 Å². The third kappa shape index (κ3) is 3.23. The lowest BCUT2D eigenvalue weighted by Crippen LogP contribution is -2.44. The summed E-state index contributed by atoms with van der Waals surface area (Å²) in [5.41, 5.74) is 0.588. The Balaban J connectivity index is 1.64. The lowest BCUT2D eigenvalue weighted by Gasteiger charge is -2.31. The van der Waals surface area contributed by atoms with Crippen LogP contribution in [0.2, 0.25) is 0 Å². The topological polar surface area (TPSA) is 48.0 Å². The second kappa shape index (κ2) is 6.62. The van der Waals surface area contributed by atoms with Crippen LogP contribution in [0.3, 0.4) is 0 Å². The standard InChI is InChI=1S/C16H20FNO4/c1-11(22-10-13-3-2-7-20-13)16(19)18-6-8-21-15-9-12(17)4-5-14(15)18/h4-5,9,11,13H,2-3,6-8,10H2,1H3. The number of benzene rings is 1. The van der Waals surface area contributed by atoms with Crippen LogP contribution in [0.5, 0.6) is 5.75 Å². The third-order valence-corrected chi connectivity index (χ3v) is 3.96. The quantitative estimate of drug-likeness (QED) is 0.855. The molecule has 0 spiro atoms. The highest BCUT2D eigenvalue weighted by Crippen LogP contribution is 2.32. The Kier molecular flexibility index (Phi) is 4.59. The van der Waals surface area contributed by atoms with Crippen molar-refractivity contribution in [3.63, 3.8) is 0 Å². The van der Waals surface area contributed by atoms with Crippen molar-refractivity contribution in [3.05, 3.63) is 24.0 Å². The van der Waals surface area contributed by atoms with Crippen LogP contribution in [-0.2, 0) is 14.3 Å². The number of hydrogen-bond donors (Lipinski definition) is 0. The number of hydrogen-bond acceptors (Lipinski definition) is 4. The van der Waals surface area contributed by atoms with Crippen LogP contribution in [0.15, 0.2) is 18.2 Å². The fourth-order valence-electron chi connectivity index (χ4n) is 2.74. The highest BCUT2D eigenvalue weighted by atomic mass is 19.1. The van der Waals surface area contributed by atoms with E-state index in [0.717, 1.165) is 19.4 Å². The summed E-state index contributed by atoms with van der Waals surface area (Å²) in [5, 5.41) is 0. The molecule has 2 unspecified atom stereocenters. The largest absolute Gasteiger partial charge is 0.489 e. The highest BCUT2D eigenvalue weighted by Gasteiger charge is 2.29. The molecule has 6 heteroatoms. The zero-order chi connectivity index (χ0) is 15.5. The van der Waals surface area contributed by atoms with Gasteiger partial charge in [0.15, 0.2) is 0 Å². The molecule has 2 aliphatic heterocycles. The predicted octanol–water partition coefficient (Wildman–Crippen LogP) is 2.14. The normalized spacial score (nSPS) is 22.1. The van der Waals surface area contributed by atoms with E-state index >= 15 is 0 Å². The molecule has 2 aliphatic rings. The van der Waals surface area contributed by atoms with Crippen LogP contribution < -0.4 is 9.64 Å². The van der Waals surface area contributed by atoms with Crippen LogP contribution in [0.1, 0.15) is 19.8 Å². The zero-order valence-electron chi connectivity index (χ0n) is 12.6. The van der Waals surface area contributed by atoms with Gasteiger partial charge < -0.3 is 19.1 Å². The Hall–Kier alpha value is -1.66. The van der Waals surface area contributed by atoms with Gasteiger partial charge in [-0.3, -0.25) is 4.79 Å². The fourth-order valence-corrected chi connectivity index (χ4v) is 2.74. The smallest absolute Gasteiger partial charge is 0.256 e. The summed E-state index contributed by atoms with van der Waals surface area (Å²) in [5.74, 6) is -0.129. The number of fused-ring (bicyclic) bond motifs is 1. The van der Waals surface area contributed by atoms with Crippen molar-refractivity contribution in [1.29, 1.82) is 0 Å². The number of carbonyl (C=O) groups excluding carboxylic acids is 1. The highest BCUT2D eigenvalue weighted by molar-refractivity contribution is 5.98. The van der Waals surface area contributed by atoms with E-state index in [1.807, 2.05) is 0 Å². The van der Waals surface area contributed by atoms with E-state index in [-0.39, 0.29) is 17.8 Å². The molecule has 1 saturated heterocycles. The van der Waals surface area contributed by atoms with Crippen molar-refractivity contribution >= 4 is 11.6 Å². The van der Waals surface area contributed by atoms with E-state index in [1.165, 1.54) is 12.1 Å². The first-order valence-electron chi connectivity index (χ1n) is 7.62. The predicted molar refractivity (Wildman–Crippen MR) is 78.6 cm³/mol. The summed E-state index contributed by atoms with van der Waals surface area (Å²) in [6, 6.07) is 4.19. The monoisotopic (exact) mass is 309 g/mol. The van der Waals surface area contributed by atoms with Gasteiger partial charge >= 0.3 is 0 Å². The molecule has 22 heavy (non-hydrogen) atoms. The molecule has 120 valence electrons. The van der Waals surface area contributed by atoms with Crippen LogP contribution in [-0.4, -0.2) is 44.5 Å². The Morgan fingerprint density at radius 1 is 1.50 bits per heavy atom. The van der Waals surface area contributed by atoms with Crippen LogP contribution in [0.4, 0.5) is 10.1 Å². The first-order chi connectivity index (χ1) is 10.6.